The Balaban J connectivity index is 2.37. The molecule has 1 fully saturated rings. The lowest BCUT2D eigenvalue weighted by atomic mass is 9.97. The molecule has 3 N–H and O–H groups in total. The Kier molecular flexibility index (Phi) is 6.41. The second-order valence-electron chi connectivity index (χ2n) is 5.97. The van der Waals surface area contributed by atoms with Crippen LogP contribution in [0.4, 0.5) is 0 Å². The average Bonchev–Trinajstić information content (AvgIpc) is 2.28. The predicted molar refractivity (Wildman–Crippen MR) is 73.7 cm³/mol. The molecule has 102 valence electrons. The highest BCUT2D eigenvalue weighted by Crippen LogP contribution is 2.15. The highest BCUT2D eigenvalue weighted by Gasteiger charge is 2.24. The molecule has 0 spiro atoms. The van der Waals surface area contributed by atoms with Gasteiger partial charge in [-0.3, -0.25) is 11.3 Å². The van der Waals surface area contributed by atoms with Crippen LogP contribution in [0, 0.1) is 5.92 Å². The minimum Gasteiger partial charge on any atom is -0.304 e. The van der Waals surface area contributed by atoms with E-state index in [4.69, 9.17) is 5.84 Å². The van der Waals surface area contributed by atoms with Gasteiger partial charge in [-0.1, -0.05) is 13.8 Å². The topological polar surface area (TPSA) is 44.5 Å². The molecule has 0 aromatic heterocycles. The van der Waals surface area contributed by atoms with Gasteiger partial charge in [0.2, 0.25) is 0 Å². The molecule has 1 saturated heterocycles. The fraction of sp³-hybridized carbons (Fsp3) is 1.00. The first kappa shape index (κ1) is 14.9. The number of hydrogen-bond donors (Lipinski definition) is 2. The summed E-state index contributed by atoms with van der Waals surface area (Å²) in [6, 6.07) is 1.10. The van der Waals surface area contributed by atoms with Gasteiger partial charge in [-0.2, -0.15) is 0 Å². The van der Waals surface area contributed by atoms with E-state index in [1.807, 2.05) is 0 Å². The Morgan fingerprint density at radius 3 is 2.53 bits per heavy atom. The molecule has 0 amide bonds. The Morgan fingerprint density at radius 1 is 1.24 bits per heavy atom. The normalized spacial score (nSPS) is 25.4. The molecule has 1 aliphatic rings. The lowest BCUT2D eigenvalue weighted by Crippen LogP contribution is -2.52. The molecule has 17 heavy (non-hydrogen) atoms. The molecule has 2 unspecified atom stereocenters. The Labute approximate surface area is 106 Å². The zero-order valence-electron chi connectivity index (χ0n) is 11.9. The van der Waals surface area contributed by atoms with E-state index in [0.29, 0.717) is 12.1 Å². The summed E-state index contributed by atoms with van der Waals surface area (Å²) in [5.74, 6) is 6.44. The maximum atomic E-state index is 5.67. The number of nitrogens with zero attached hydrogens (tertiary/aromatic N) is 2. The second-order valence-corrected chi connectivity index (χ2v) is 5.97. The Morgan fingerprint density at radius 2 is 1.94 bits per heavy atom. The standard InChI is InChI=1S/C13H30N4/c1-11(2)5-6-12(15-14)9-13-10-16(3)7-8-17(13)4/h11-13,15H,5-10,14H2,1-4H3. The van der Waals surface area contributed by atoms with Gasteiger partial charge in [0.25, 0.3) is 0 Å². The van der Waals surface area contributed by atoms with Crippen LogP contribution in [0.15, 0.2) is 0 Å². The first-order chi connectivity index (χ1) is 8.02. The largest absolute Gasteiger partial charge is 0.304 e. The fourth-order valence-electron chi connectivity index (χ4n) is 2.49. The number of likely N-dealkylation sites (N-methyl/N-ethyl adjacent to an activating group) is 2. The van der Waals surface area contributed by atoms with Crippen molar-refractivity contribution < 1.29 is 0 Å². The zero-order valence-corrected chi connectivity index (χ0v) is 11.9. The first-order valence-corrected chi connectivity index (χ1v) is 6.87. The summed E-state index contributed by atoms with van der Waals surface area (Å²) in [6.45, 7) is 8.06. The van der Waals surface area contributed by atoms with Crippen molar-refractivity contribution in [3.63, 3.8) is 0 Å². The number of piperazine rings is 1. The third kappa shape index (κ3) is 5.34. The second kappa shape index (κ2) is 7.31. The quantitative estimate of drug-likeness (QED) is 0.536. The molecule has 0 aromatic rings. The lowest BCUT2D eigenvalue weighted by molar-refractivity contribution is 0.0995. The molecular weight excluding hydrogens is 212 g/mol. The first-order valence-electron chi connectivity index (χ1n) is 6.87. The van der Waals surface area contributed by atoms with E-state index in [0.717, 1.165) is 18.9 Å². The number of hydrogen-bond acceptors (Lipinski definition) is 4. The third-order valence-electron chi connectivity index (χ3n) is 3.86. The minimum atomic E-state index is 0.455. The van der Waals surface area contributed by atoms with Crippen LogP contribution in [0.5, 0.6) is 0 Å². The van der Waals surface area contributed by atoms with Crippen LogP contribution < -0.4 is 11.3 Å². The molecule has 0 aliphatic carbocycles. The van der Waals surface area contributed by atoms with E-state index in [9.17, 15) is 0 Å². The van der Waals surface area contributed by atoms with Crippen molar-refractivity contribution in [2.24, 2.45) is 11.8 Å². The SMILES string of the molecule is CC(C)CCC(CC1CN(C)CCN1C)NN. The van der Waals surface area contributed by atoms with Crippen LogP contribution in [0.3, 0.4) is 0 Å². The predicted octanol–water partition coefficient (Wildman–Crippen LogP) is 0.890. The van der Waals surface area contributed by atoms with Crippen molar-refractivity contribution >= 4 is 0 Å². The Hall–Kier alpha value is -0.160. The molecule has 1 aliphatic heterocycles. The van der Waals surface area contributed by atoms with Crippen molar-refractivity contribution in [2.45, 2.75) is 45.2 Å². The van der Waals surface area contributed by atoms with E-state index in [1.165, 1.54) is 25.9 Å². The monoisotopic (exact) mass is 242 g/mol. The maximum Gasteiger partial charge on any atom is 0.0235 e. The molecular formula is C13H30N4. The van der Waals surface area contributed by atoms with Crippen LogP contribution in [0.1, 0.15) is 33.1 Å². The van der Waals surface area contributed by atoms with Crippen LogP contribution in [-0.4, -0.2) is 55.6 Å². The zero-order chi connectivity index (χ0) is 12.8. The van der Waals surface area contributed by atoms with Gasteiger partial charge in [0.1, 0.15) is 0 Å². The highest BCUT2D eigenvalue weighted by atomic mass is 15.3. The van der Waals surface area contributed by atoms with Crippen LogP contribution in [-0.2, 0) is 0 Å². The van der Waals surface area contributed by atoms with Gasteiger partial charge in [0.05, 0.1) is 0 Å². The van der Waals surface area contributed by atoms with E-state index in [-0.39, 0.29) is 0 Å². The molecule has 4 heteroatoms. The minimum absolute atomic E-state index is 0.455. The summed E-state index contributed by atoms with van der Waals surface area (Å²) < 4.78 is 0. The summed E-state index contributed by atoms with van der Waals surface area (Å²) in [5, 5.41) is 0. The summed E-state index contributed by atoms with van der Waals surface area (Å²) in [4.78, 5) is 4.89. The van der Waals surface area contributed by atoms with E-state index in [1.54, 1.807) is 0 Å². The summed E-state index contributed by atoms with van der Waals surface area (Å²) in [6.07, 6.45) is 3.59. The Bertz CT molecular complexity index is 208. The van der Waals surface area contributed by atoms with Gasteiger partial charge in [0.15, 0.2) is 0 Å². The maximum absolute atomic E-state index is 5.67. The van der Waals surface area contributed by atoms with Gasteiger partial charge < -0.3 is 9.80 Å². The number of rotatable bonds is 6. The fourth-order valence-corrected chi connectivity index (χ4v) is 2.49. The van der Waals surface area contributed by atoms with E-state index < -0.39 is 0 Å². The van der Waals surface area contributed by atoms with Gasteiger partial charge in [-0.05, 0) is 39.3 Å². The molecule has 0 radical (unpaired) electrons. The highest BCUT2D eigenvalue weighted by molar-refractivity contribution is 4.82. The lowest BCUT2D eigenvalue weighted by Gasteiger charge is -2.39. The van der Waals surface area contributed by atoms with Gasteiger partial charge in [0, 0.05) is 31.7 Å². The molecule has 0 saturated carbocycles. The third-order valence-corrected chi connectivity index (χ3v) is 3.86. The molecule has 1 heterocycles. The molecule has 4 nitrogen and oxygen atoms in total. The van der Waals surface area contributed by atoms with Gasteiger partial charge in [-0.25, -0.2) is 0 Å². The smallest absolute Gasteiger partial charge is 0.0235 e. The van der Waals surface area contributed by atoms with E-state index >= 15 is 0 Å². The van der Waals surface area contributed by atoms with Crippen molar-refractivity contribution in [2.75, 3.05) is 33.7 Å². The average molecular weight is 242 g/mol. The van der Waals surface area contributed by atoms with Gasteiger partial charge in [-0.15, -0.1) is 0 Å². The van der Waals surface area contributed by atoms with Crippen molar-refractivity contribution in [1.82, 2.24) is 15.2 Å². The summed E-state index contributed by atoms with van der Waals surface area (Å²) in [5.41, 5.74) is 2.99. The number of nitrogens with two attached hydrogens (primary N) is 1. The summed E-state index contributed by atoms with van der Waals surface area (Å²) in [7, 11) is 4.44. The number of nitrogens with one attached hydrogen (secondary N) is 1. The molecule has 2 atom stereocenters. The van der Waals surface area contributed by atoms with Crippen molar-refractivity contribution in [3.05, 3.63) is 0 Å². The molecule has 0 bridgehead atoms. The molecule has 1 rings (SSSR count). The van der Waals surface area contributed by atoms with Crippen LogP contribution >= 0.6 is 0 Å². The summed E-state index contributed by atoms with van der Waals surface area (Å²) >= 11 is 0. The van der Waals surface area contributed by atoms with Crippen LogP contribution in [0.2, 0.25) is 0 Å². The molecule has 0 aromatic carbocycles. The van der Waals surface area contributed by atoms with Crippen molar-refractivity contribution in [1.29, 1.82) is 0 Å². The van der Waals surface area contributed by atoms with Gasteiger partial charge >= 0.3 is 0 Å². The van der Waals surface area contributed by atoms with Crippen LogP contribution in [0.25, 0.3) is 0 Å². The van der Waals surface area contributed by atoms with E-state index in [2.05, 4.69) is 43.2 Å². The van der Waals surface area contributed by atoms with Crippen molar-refractivity contribution in [3.8, 4) is 0 Å². The number of hydrazine groups is 1.